The minimum Gasteiger partial charge on any atom is -0.497 e. The Labute approximate surface area is 196 Å². The van der Waals surface area contributed by atoms with Gasteiger partial charge in [-0.05, 0) is 29.8 Å². The van der Waals surface area contributed by atoms with E-state index in [2.05, 4.69) is 5.10 Å². The molecule has 0 N–H and O–H groups in total. The predicted molar refractivity (Wildman–Crippen MR) is 120 cm³/mol. The zero-order valence-corrected chi connectivity index (χ0v) is 18.8. The lowest BCUT2D eigenvalue weighted by Crippen LogP contribution is -2.50. The Morgan fingerprint density at radius 3 is 2.32 bits per heavy atom. The molecular weight excluding hydrogens is 438 g/mol. The molecule has 0 unspecified atom stereocenters. The number of amides is 3. The Balaban J connectivity index is 1.22. The molecule has 2 aliphatic rings. The Morgan fingerprint density at radius 2 is 1.68 bits per heavy atom. The van der Waals surface area contributed by atoms with E-state index in [0.717, 1.165) is 11.3 Å². The smallest absolute Gasteiger partial charge is 0.289 e. The average Bonchev–Trinajstić information content (AvgIpc) is 3.56. The molecule has 2 aromatic heterocycles. The van der Waals surface area contributed by atoms with Crippen molar-refractivity contribution < 1.29 is 23.5 Å². The summed E-state index contributed by atoms with van der Waals surface area (Å²) in [5.74, 6) is 0.487. The van der Waals surface area contributed by atoms with Gasteiger partial charge in [0.05, 0.1) is 19.9 Å². The quantitative estimate of drug-likeness (QED) is 0.571. The summed E-state index contributed by atoms with van der Waals surface area (Å²) < 4.78 is 12.0. The highest BCUT2D eigenvalue weighted by molar-refractivity contribution is 5.98. The van der Waals surface area contributed by atoms with E-state index in [1.165, 1.54) is 6.26 Å². The SMILES string of the molecule is COc1ccc(CN2CCn3nc(C(=O)N4CCN(C(=O)c5ccco5)CC4)cc3C2=O)cc1. The van der Waals surface area contributed by atoms with Crippen molar-refractivity contribution in [3.8, 4) is 5.75 Å². The number of ether oxygens (including phenoxy) is 1. The fourth-order valence-corrected chi connectivity index (χ4v) is 4.28. The zero-order chi connectivity index (χ0) is 23.7. The van der Waals surface area contributed by atoms with E-state index in [-0.39, 0.29) is 23.4 Å². The van der Waals surface area contributed by atoms with E-state index in [1.54, 1.807) is 44.7 Å². The fraction of sp³-hybridized carbons (Fsp3) is 0.333. The molecular formula is C24H25N5O5. The second kappa shape index (κ2) is 9.05. The van der Waals surface area contributed by atoms with Gasteiger partial charge in [0, 0.05) is 45.3 Å². The topological polar surface area (TPSA) is 101 Å². The molecule has 1 saturated heterocycles. The van der Waals surface area contributed by atoms with Crippen LogP contribution < -0.4 is 4.74 Å². The summed E-state index contributed by atoms with van der Waals surface area (Å²) in [6.45, 7) is 3.12. The summed E-state index contributed by atoms with van der Waals surface area (Å²) in [6, 6.07) is 12.5. The van der Waals surface area contributed by atoms with Crippen molar-refractivity contribution in [1.82, 2.24) is 24.5 Å². The number of hydrogen-bond donors (Lipinski definition) is 0. The lowest BCUT2D eigenvalue weighted by molar-refractivity contribution is 0.0514. The highest BCUT2D eigenvalue weighted by Crippen LogP contribution is 2.20. The number of benzene rings is 1. The monoisotopic (exact) mass is 463 g/mol. The van der Waals surface area contributed by atoms with Crippen LogP contribution in [0.1, 0.15) is 37.1 Å². The van der Waals surface area contributed by atoms with Crippen LogP contribution in [0.3, 0.4) is 0 Å². The van der Waals surface area contributed by atoms with Gasteiger partial charge in [0.2, 0.25) is 0 Å². The average molecular weight is 463 g/mol. The van der Waals surface area contributed by atoms with Gasteiger partial charge in [-0.25, -0.2) is 0 Å². The normalized spacial score (nSPS) is 15.9. The van der Waals surface area contributed by atoms with Gasteiger partial charge in [-0.15, -0.1) is 0 Å². The third kappa shape index (κ3) is 4.14. The predicted octanol–water partition coefficient (Wildman–Crippen LogP) is 1.74. The number of aromatic nitrogens is 2. The number of rotatable bonds is 5. The minimum atomic E-state index is -0.235. The van der Waals surface area contributed by atoms with E-state index in [0.29, 0.717) is 57.3 Å². The zero-order valence-electron chi connectivity index (χ0n) is 18.8. The van der Waals surface area contributed by atoms with Crippen LogP contribution in [0.25, 0.3) is 0 Å². The third-order valence-electron chi connectivity index (χ3n) is 6.21. The molecule has 34 heavy (non-hydrogen) atoms. The molecule has 0 bridgehead atoms. The molecule has 10 heteroatoms. The number of carbonyl (C=O) groups excluding carboxylic acids is 3. The summed E-state index contributed by atoms with van der Waals surface area (Å²) in [6.07, 6.45) is 1.47. The maximum Gasteiger partial charge on any atom is 0.289 e. The van der Waals surface area contributed by atoms with Crippen molar-refractivity contribution in [2.45, 2.75) is 13.1 Å². The molecule has 1 aromatic carbocycles. The maximum absolute atomic E-state index is 13.1. The molecule has 176 valence electrons. The number of furan rings is 1. The van der Waals surface area contributed by atoms with Crippen molar-refractivity contribution in [2.24, 2.45) is 0 Å². The third-order valence-corrected chi connectivity index (χ3v) is 6.21. The Morgan fingerprint density at radius 1 is 0.971 bits per heavy atom. The van der Waals surface area contributed by atoms with E-state index < -0.39 is 0 Å². The number of piperazine rings is 1. The van der Waals surface area contributed by atoms with Gasteiger partial charge in [0.25, 0.3) is 17.7 Å². The molecule has 0 aliphatic carbocycles. The van der Waals surface area contributed by atoms with Gasteiger partial charge in [0.15, 0.2) is 11.5 Å². The van der Waals surface area contributed by atoms with Gasteiger partial charge in [0.1, 0.15) is 11.4 Å². The summed E-state index contributed by atoms with van der Waals surface area (Å²) in [7, 11) is 1.61. The molecule has 10 nitrogen and oxygen atoms in total. The Bertz CT molecular complexity index is 1190. The Hall–Kier alpha value is -4.08. The first-order chi connectivity index (χ1) is 16.5. The van der Waals surface area contributed by atoms with Crippen molar-refractivity contribution in [3.05, 3.63) is 71.4 Å². The van der Waals surface area contributed by atoms with E-state index in [4.69, 9.17) is 9.15 Å². The van der Waals surface area contributed by atoms with Gasteiger partial charge < -0.3 is 23.9 Å². The molecule has 5 rings (SSSR count). The second-order valence-electron chi connectivity index (χ2n) is 8.27. The van der Waals surface area contributed by atoms with Crippen LogP contribution >= 0.6 is 0 Å². The molecule has 3 aromatic rings. The van der Waals surface area contributed by atoms with Crippen LogP contribution in [0.15, 0.2) is 53.1 Å². The number of fused-ring (bicyclic) bond motifs is 1. The van der Waals surface area contributed by atoms with Gasteiger partial charge in [-0.3, -0.25) is 19.1 Å². The summed E-state index contributed by atoms with van der Waals surface area (Å²) in [5.41, 5.74) is 1.66. The maximum atomic E-state index is 13.1. The lowest BCUT2D eigenvalue weighted by Gasteiger charge is -2.33. The fourth-order valence-electron chi connectivity index (χ4n) is 4.28. The molecule has 1 fully saturated rings. The van der Waals surface area contributed by atoms with E-state index in [1.807, 2.05) is 24.3 Å². The first-order valence-electron chi connectivity index (χ1n) is 11.2. The van der Waals surface area contributed by atoms with Gasteiger partial charge in [-0.2, -0.15) is 5.10 Å². The van der Waals surface area contributed by atoms with Crippen molar-refractivity contribution in [2.75, 3.05) is 39.8 Å². The molecule has 3 amide bonds. The second-order valence-corrected chi connectivity index (χ2v) is 8.27. The van der Waals surface area contributed by atoms with Crippen molar-refractivity contribution in [1.29, 1.82) is 0 Å². The van der Waals surface area contributed by atoms with Gasteiger partial charge >= 0.3 is 0 Å². The van der Waals surface area contributed by atoms with Crippen LogP contribution in [-0.4, -0.2) is 82.0 Å². The standard InChI is InChI=1S/C24H25N5O5/c1-33-18-6-4-17(5-7-18)16-28-12-13-29-20(23(28)31)15-19(25-29)22(30)26-8-10-27(11-9-26)24(32)21-3-2-14-34-21/h2-7,14-15H,8-13,16H2,1H3. The summed E-state index contributed by atoms with van der Waals surface area (Å²) >= 11 is 0. The van der Waals surface area contributed by atoms with Gasteiger partial charge in [-0.1, -0.05) is 12.1 Å². The van der Waals surface area contributed by atoms with Crippen molar-refractivity contribution >= 4 is 17.7 Å². The van der Waals surface area contributed by atoms with Crippen LogP contribution in [0.5, 0.6) is 5.75 Å². The number of hydrogen-bond acceptors (Lipinski definition) is 6. The van der Waals surface area contributed by atoms with Crippen LogP contribution in [0, 0.1) is 0 Å². The minimum absolute atomic E-state index is 0.150. The number of carbonyl (C=O) groups is 3. The molecule has 4 heterocycles. The first kappa shape index (κ1) is 21.7. The molecule has 0 radical (unpaired) electrons. The molecule has 2 aliphatic heterocycles. The molecule has 0 spiro atoms. The van der Waals surface area contributed by atoms with Crippen LogP contribution in [-0.2, 0) is 13.1 Å². The summed E-state index contributed by atoms with van der Waals surface area (Å²) in [4.78, 5) is 43.6. The number of nitrogens with zero attached hydrogens (tertiary/aromatic N) is 5. The Kier molecular flexibility index (Phi) is 5.79. The van der Waals surface area contributed by atoms with Crippen LogP contribution in [0.2, 0.25) is 0 Å². The van der Waals surface area contributed by atoms with E-state index >= 15 is 0 Å². The van der Waals surface area contributed by atoms with Crippen LogP contribution in [0.4, 0.5) is 0 Å². The van der Waals surface area contributed by atoms with Crippen molar-refractivity contribution in [3.63, 3.8) is 0 Å². The first-order valence-corrected chi connectivity index (χ1v) is 11.2. The largest absolute Gasteiger partial charge is 0.497 e. The molecule has 0 atom stereocenters. The summed E-state index contributed by atoms with van der Waals surface area (Å²) in [5, 5.41) is 4.40. The highest BCUT2D eigenvalue weighted by Gasteiger charge is 2.31. The van der Waals surface area contributed by atoms with E-state index in [9.17, 15) is 14.4 Å². The molecule has 0 saturated carbocycles. The lowest BCUT2D eigenvalue weighted by atomic mass is 10.1. The number of methoxy groups -OCH3 is 1. The highest BCUT2D eigenvalue weighted by atomic mass is 16.5.